The molecule has 4 N–H and O–H groups in total. The van der Waals surface area contributed by atoms with Gasteiger partial charge < -0.3 is 16.2 Å². The van der Waals surface area contributed by atoms with Crippen molar-refractivity contribution in [2.24, 2.45) is 5.92 Å². The van der Waals surface area contributed by atoms with Crippen LogP contribution in [0.3, 0.4) is 0 Å². The fourth-order valence-corrected chi connectivity index (χ4v) is 1.74. The van der Waals surface area contributed by atoms with Crippen LogP contribution in [0.15, 0.2) is 12.3 Å². The molecule has 0 aliphatic heterocycles. The number of hydrogen-bond acceptors (Lipinski definition) is 4. The van der Waals surface area contributed by atoms with Crippen molar-refractivity contribution in [1.29, 1.82) is 0 Å². The highest BCUT2D eigenvalue weighted by Crippen LogP contribution is 2.27. The Hall–Kier alpha value is -1.78. The van der Waals surface area contributed by atoms with E-state index >= 15 is 0 Å². The predicted octanol–water partition coefficient (Wildman–Crippen LogP) is 1.57. The van der Waals surface area contributed by atoms with E-state index in [1.54, 1.807) is 0 Å². The van der Waals surface area contributed by atoms with E-state index < -0.39 is 5.97 Å². The topological polar surface area (TPSA) is 88.2 Å². The van der Waals surface area contributed by atoms with E-state index in [1.807, 2.05) is 0 Å². The molecule has 0 atom stereocenters. The number of nitrogens with two attached hydrogens (primary N) is 1. The van der Waals surface area contributed by atoms with Gasteiger partial charge in [-0.2, -0.15) is 0 Å². The summed E-state index contributed by atoms with van der Waals surface area (Å²) < 4.78 is 0. The van der Waals surface area contributed by atoms with Gasteiger partial charge in [0.15, 0.2) is 0 Å². The van der Waals surface area contributed by atoms with Gasteiger partial charge in [-0.05, 0) is 24.8 Å². The minimum absolute atomic E-state index is 0.103. The number of nitrogen functional groups attached to an aromatic ring is 1. The first-order valence-electron chi connectivity index (χ1n) is 5.40. The van der Waals surface area contributed by atoms with E-state index in [-0.39, 0.29) is 11.3 Å². The van der Waals surface area contributed by atoms with Gasteiger partial charge in [-0.3, -0.25) is 0 Å². The lowest BCUT2D eigenvalue weighted by Gasteiger charge is -2.25. The summed E-state index contributed by atoms with van der Waals surface area (Å²) in [5.74, 6) is 0.132. The molecule has 0 bridgehead atoms. The zero-order valence-corrected chi connectivity index (χ0v) is 8.94. The highest BCUT2D eigenvalue weighted by molar-refractivity contribution is 5.96. The minimum Gasteiger partial charge on any atom is -0.478 e. The highest BCUT2D eigenvalue weighted by atomic mass is 16.4. The SMILES string of the molecule is Nc1c(C(=O)O)ccnc1NCC1CCC1. The van der Waals surface area contributed by atoms with Gasteiger partial charge in [0, 0.05) is 12.7 Å². The summed E-state index contributed by atoms with van der Waals surface area (Å²) in [7, 11) is 0. The molecule has 0 amide bonds. The third kappa shape index (κ3) is 2.08. The van der Waals surface area contributed by atoms with E-state index in [0.717, 1.165) is 6.54 Å². The molecule has 86 valence electrons. The van der Waals surface area contributed by atoms with Crippen molar-refractivity contribution in [2.75, 3.05) is 17.6 Å². The molecule has 1 aliphatic carbocycles. The Labute approximate surface area is 93.7 Å². The Bertz CT molecular complexity index is 402. The molecule has 0 aromatic carbocycles. The zero-order chi connectivity index (χ0) is 11.5. The third-order valence-corrected chi connectivity index (χ3v) is 3.00. The predicted molar refractivity (Wildman–Crippen MR) is 61.4 cm³/mol. The van der Waals surface area contributed by atoms with E-state index in [9.17, 15) is 4.79 Å². The van der Waals surface area contributed by atoms with Crippen molar-refractivity contribution >= 4 is 17.5 Å². The fraction of sp³-hybridized carbons (Fsp3) is 0.455. The number of carboxylic acid groups (broad SMARTS) is 1. The minimum atomic E-state index is -1.02. The second-order valence-electron chi connectivity index (χ2n) is 4.10. The molecular weight excluding hydrogens is 206 g/mol. The molecule has 1 aliphatic rings. The van der Waals surface area contributed by atoms with E-state index in [4.69, 9.17) is 10.8 Å². The molecule has 1 aromatic rings. The van der Waals surface area contributed by atoms with Crippen molar-refractivity contribution in [2.45, 2.75) is 19.3 Å². The normalized spacial score (nSPS) is 15.5. The van der Waals surface area contributed by atoms with Gasteiger partial charge in [-0.1, -0.05) is 6.42 Å². The Morgan fingerprint density at radius 2 is 2.38 bits per heavy atom. The van der Waals surface area contributed by atoms with Gasteiger partial charge in [0.2, 0.25) is 0 Å². The summed E-state index contributed by atoms with van der Waals surface area (Å²) in [5.41, 5.74) is 6.04. The van der Waals surface area contributed by atoms with Crippen LogP contribution in [0.1, 0.15) is 29.6 Å². The number of anilines is 2. The van der Waals surface area contributed by atoms with Crippen LogP contribution < -0.4 is 11.1 Å². The number of pyridine rings is 1. The van der Waals surface area contributed by atoms with E-state index in [1.165, 1.54) is 31.5 Å². The quantitative estimate of drug-likeness (QED) is 0.718. The molecule has 1 saturated carbocycles. The Balaban J connectivity index is 2.07. The summed E-state index contributed by atoms with van der Waals surface area (Å²) in [6.45, 7) is 0.820. The summed E-state index contributed by atoms with van der Waals surface area (Å²) in [5, 5.41) is 12.0. The third-order valence-electron chi connectivity index (χ3n) is 3.00. The smallest absolute Gasteiger partial charge is 0.337 e. The van der Waals surface area contributed by atoms with Crippen LogP contribution in [-0.2, 0) is 0 Å². The number of aromatic carboxylic acids is 1. The van der Waals surface area contributed by atoms with Crippen LogP contribution in [0.2, 0.25) is 0 Å². The average molecular weight is 221 g/mol. The van der Waals surface area contributed by atoms with Gasteiger partial charge in [0.1, 0.15) is 5.82 Å². The average Bonchev–Trinajstić information content (AvgIpc) is 2.17. The Morgan fingerprint density at radius 1 is 1.62 bits per heavy atom. The maximum Gasteiger partial charge on any atom is 0.337 e. The molecular formula is C11H15N3O2. The number of carboxylic acids is 1. The number of nitrogens with zero attached hydrogens (tertiary/aromatic N) is 1. The van der Waals surface area contributed by atoms with Gasteiger partial charge in [0.05, 0.1) is 11.3 Å². The zero-order valence-electron chi connectivity index (χ0n) is 8.94. The monoisotopic (exact) mass is 221 g/mol. The highest BCUT2D eigenvalue weighted by Gasteiger charge is 2.18. The van der Waals surface area contributed by atoms with Crippen LogP contribution >= 0.6 is 0 Å². The number of hydrogen-bond donors (Lipinski definition) is 3. The first-order valence-corrected chi connectivity index (χ1v) is 5.40. The standard InChI is InChI=1S/C11H15N3O2/c12-9-8(11(15)16)4-5-13-10(9)14-6-7-2-1-3-7/h4-5,7H,1-3,6,12H2,(H,13,14)(H,15,16). The molecule has 0 spiro atoms. The number of nitrogens with one attached hydrogen (secondary N) is 1. The molecule has 0 radical (unpaired) electrons. The summed E-state index contributed by atoms with van der Waals surface area (Å²) in [6, 6.07) is 1.41. The maximum atomic E-state index is 10.8. The maximum absolute atomic E-state index is 10.8. The van der Waals surface area contributed by atoms with Crippen LogP contribution in [0.4, 0.5) is 11.5 Å². The first-order chi connectivity index (χ1) is 7.68. The lowest BCUT2D eigenvalue weighted by atomic mass is 9.85. The number of aromatic nitrogens is 1. The molecule has 16 heavy (non-hydrogen) atoms. The van der Waals surface area contributed by atoms with Crippen molar-refractivity contribution in [3.63, 3.8) is 0 Å². The van der Waals surface area contributed by atoms with Gasteiger partial charge in [0.25, 0.3) is 0 Å². The largest absolute Gasteiger partial charge is 0.478 e. The molecule has 0 saturated heterocycles. The van der Waals surface area contributed by atoms with Crippen molar-refractivity contribution in [3.05, 3.63) is 17.8 Å². The molecule has 1 heterocycles. The van der Waals surface area contributed by atoms with E-state index in [0.29, 0.717) is 11.7 Å². The number of carbonyl (C=O) groups is 1. The van der Waals surface area contributed by atoms with Gasteiger partial charge in [-0.15, -0.1) is 0 Å². The van der Waals surface area contributed by atoms with Gasteiger partial charge >= 0.3 is 5.97 Å². The molecule has 1 aromatic heterocycles. The van der Waals surface area contributed by atoms with Crippen molar-refractivity contribution in [3.8, 4) is 0 Å². The van der Waals surface area contributed by atoms with Crippen molar-refractivity contribution in [1.82, 2.24) is 4.98 Å². The Kier molecular flexibility index (Phi) is 2.94. The lowest BCUT2D eigenvalue weighted by Crippen LogP contribution is -2.22. The second-order valence-corrected chi connectivity index (χ2v) is 4.10. The Morgan fingerprint density at radius 3 is 2.94 bits per heavy atom. The molecule has 5 nitrogen and oxygen atoms in total. The van der Waals surface area contributed by atoms with Gasteiger partial charge in [-0.25, -0.2) is 9.78 Å². The summed E-state index contributed by atoms with van der Waals surface area (Å²) >= 11 is 0. The van der Waals surface area contributed by atoms with Crippen LogP contribution in [0.25, 0.3) is 0 Å². The molecule has 0 unspecified atom stereocenters. The first kappa shape index (κ1) is 10.7. The summed E-state index contributed by atoms with van der Waals surface area (Å²) in [4.78, 5) is 14.9. The van der Waals surface area contributed by atoms with Crippen LogP contribution in [0, 0.1) is 5.92 Å². The second kappa shape index (κ2) is 4.38. The molecule has 1 fully saturated rings. The summed E-state index contributed by atoms with van der Waals surface area (Å²) in [6.07, 6.45) is 5.20. The van der Waals surface area contributed by atoms with Crippen LogP contribution in [0.5, 0.6) is 0 Å². The van der Waals surface area contributed by atoms with Crippen molar-refractivity contribution < 1.29 is 9.90 Å². The lowest BCUT2D eigenvalue weighted by molar-refractivity contribution is 0.0698. The molecule has 5 heteroatoms. The van der Waals surface area contributed by atoms with Crippen LogP contribution in [-0.4, -0.2) is 22.6 Å². The van der Waals surface area contributed by atoms with E-state index in [2.05, 4.69) is 10.3 Å². The fourth-order valence-electron chi connectivity index (χ4n) is 1.74. The molecule has 2 rings (SSSR count). The number of rotatable bonds is 4.